The SMILES string of the molecule is COC(=O)C1=CC2C(=O)N(C)C(=O)N(C)C2=[N+]1CC(C)C. The molecule has 0 radical (unpaired) electrons. The van der Waals surface area contributed by atoms with E-state index >= 15 is 0 Å². The van der Waals surface area contributed by atoms with Crippen LogP contribution in [0.1, 0.15) is 13.8 Å². The Morgan fingerprint density at radius 1 is 1.33 bits per heavy atom. The molecule has 114 valence electrons. The minimum atomic E-state index is -0.620. The summed E-state index contributed by atoms with van der Waals surface area (Å²) in [6, 6.07) is -0.403. The van der Waals surface area contributed by atoms with E-state index in [2.05, 4.69) is 0 Å². The minimum absolute atomic E-state index is 0.252. The number of imide groups is 1. The molecule has 0 aromatic carbocycles. The van der Waals surface area contributed by atoms with Gasteiger partial charge in [-0.25, -0.2) is 19.1 Å². The summed E-state index contributed by atoms with van der Waals surface area (Å²) in [5, 5.41) is 0. The zero-order valence-electron chi connectivity index (χ0n) is 12.9. The molecule has 1 fully saturated rings. The number of esters is 1. The van der Waals surface area contributed by atoms with Gasteiger partial charge in [0.15, 0.2) is 5.92 Å². The Bertz CT molecular complexity index is 577. The molecule has 2 aliphatic heterocycles. The van der Waals surface area contributed by atoms with Gasteiger partial charge >= 0.3 is 12.0 Å². The highest BCUT2D eigenvalue weighted by molar-refractivity contribution is 6.18. The summed E-state index contributed by atoms with van der Waals surface area (Å²) in [4.78, 5) is 38.8. The van der Waals surface area contributed by atoms with Crippen molar-refractivity contribution in [1.29, 1.82) is 0 Å². The Labute approximate surface area is 123 Å². The van der Waals surface area contributed by atoms with Crippen molar-refractivity contribution < 1.29 is 23.7 Å². The third-order valence-electron chi connectivity index (χ3n) is 3.63. The first-order chi connectivity index (χ1) is 9.79. The second-order valence-electron chi connectivity index (χ2n) is 5.62. The van der Waals surface area contributed by atoms with Gasteiger partial charge in [-0.3, -0.25) is 4.79 Å². The normalized spacial score (nSPS) is 22.0. The standard InChI is InChI=1S/C14H20N3O4/c1-8(2)7-17-10(13(19)21-5)6-9-11(17)15(3)14(20)16(4)12(9)18/h6,8-9H,7H2,1-5H3/q+1. The van der Waals surface area contributed by atoms with E-state index < -0.39 is 17.9 Å². The second kappa shape index (κ2) is 5.31. The lowest BCUT2D eigenvalue weighted by Crippen LogP contribution is -2.57. The summed E-state index contributed by atoms with van der Waals surface area (Å²) >= 11 is 0. The third-order valence-corrected chi connectivity index (χ3v) is 3.63. The van der Waals surface area contributed by atoms with E-state index in [1.807, 2.05) is 13.8 Å². The van der Waals surface area contributed by atoms with Crippen LogP contribution in [-0.2, 0) is 14.3 Å². The first-order valence-corrected chi connectivity index (χ1v) is 6.79. The molecule has 1 unspecified atom stereocenters. The van der Waals surface area contributed by atoms with E-state index in [0.717, 1.165) is 4.90 Å². The van der Waals surface area contributed by atoms with Crippen LogP contribution >= 0.6 is 0 Å². The molecule has 0 bridgehead atoms. The summed E-state index contributed by atoms with van der Waals surface area (Å²) in [5.41, 5.74) is 0.314. The van der Waals surface area contributed by atoms with Gasteiger partial charge in [0.2, 0.25) is 5.70 Å². The van der Waals surface area contributed by atoms with Gasteiger partial charge in [-0.2, -0.15) is 4.90 Å². The Balaban J connectivity index is 2.56. The molecular weight excluding hydrogens is 274 g/mol. The van der Waals surface area contributed by atoms with Crippen molar-refractivity contribution in [2.45, 2.75) is 13.8 Å². The van der Waals surface area contributed by atoms with E-state index in [-0.39, 0.29) is 11.8 Å². The molecule has 0 spiro atoms. The van der Waals surface area contributed by atoms with E-state index in [0.29, 0.717) is 18.1 Å². The summed E-state index contributed by atoms with van der Waals surface area (Å²) in [5.74, 6) is -0.681. The molecule has 2 rings (SSSR count). The van der Waals surface area contributed by atoms with Crippen molar-refractivity contribution in [3.8, 4) is 0 Å². The molecule has 0 saturated carbocycles. The summed E-state index contributed by atoms with van der Waals surface area (Å²) in [7, 11) is 4.34. The number of urea groups is 1. The van der Waals surface area contributed by atoms with E-state index in [4.69, 9.17) is 4.74 Å². The lowest BCUT2D eigenvalue weighted by Gasteiger charge is -2.28. The van der Waals surface area contributed by atoms with Crippen LogP contribution in [0.4, 0.5) is 4.79 Å². The maximum absolute atomic E-state index is 12.3. The lowest BCUT2D eigenvalue weighted by molar-refractivity contribution is -0.481. The van der Waals surface area contributed by atoms with E-state index in [9.17, 15) is 14.4 Å². The van der Waals surface area contributed by atoms with Crippen molar-refractivity contribution in [2.75, 3.05) is 27.7 Å². The Kier molecular flexibility index (Phi) is 3.85. The first kappa shape index (κ1) is 15.2. The molecule has 1 atom stereocenters. The average molecular weight is 294 g/mol. The van der Waals surface area contributed by atoms with E-state index in [1.165, 1.54) is 19.1 Å². The molecule has 0 aromatic rings. The lowest BCUT2D eigenvalue weighted by atomic mass is 10.0. The number of fused-ring (bicyclic) bond motifs is 1. The van der Waals surface area contributed by atoms with Gasteiger partial charge < -0.3 is 4.74 Å². The number of carbonyl (C=O) groups excluding carboxylic acids is 3. The zero-order chi connectivity index (χ0) is 15.9. The summed E-state index contributed by atoms with van der Waals surface area (Å²) < 4.78 is 6.50. The van der Waals surface area contributed by atoms with Gasteiger partial charge in [0.25, 0.3) is 11.7 Å². The van der Waals surface area contributed by atoms with Gasteiger partial charge in [0.05, 0.1) is 20.7 Å². The van der Waals surface area contributed by atoms with Crippen LogP contribution in [0.25, 0.3) is 0 Å². The predicted octanol–water partition coefficient (Wildman–Crippen LogP) is 0.264. The Morgan fingerprint density at radius 2 is 1.95 bits per heavy atom. The number of amidine groups is 1. The van der Waals surface area contributed by atoms with Crippen molar-refractivity contribution in [1.82, 2.24) is 9.80 Å². The number of hydrogen-bond donors (Lipinski definition) is 0. The van der Waals surface area contributed by atoms with Crippen LogP contribution in [0.5, 0.6) is 0 Å². The molecule has 7 nitrogen and oxygen atoms in total. The average Bonchev–Trinajstić information content (AvgIpc) is 2.80. The van der Waals surface area contributed by atoms with Gasteiger partial charge in [-0.05, 0) is 12.0 Å². The number of ether oxygens (including phenoxy) is 1. The predicted molar refractivity (Wildman–Crippen MR) is 74.5 cm³/mol. The fourth-order valence-electron chi connectivity index (χ4n) is 2.65. The highest BCUT2D eigenvalue weighted by Gasteiger charge is 2.52. The molecule has 21 heavy (non-hydrogen) atoms. The van der Waals surface area contributed by atoms with Crippen molar-refractivity contribution in [3.05, 3.63) is 11.8 Å². The van der Waals surface area contributed by atoms with Crippen LogP contribution in [0.15, 0.2) is 11.8 Å². The molecule has 3 amide bonds. The van der Waals surface area contributed by atoms with Crippen molar-refractivity contribution >= 4 is 23.7 Å². The molecule has 0 aliphatic carbocycles. The van der Waals surface area contributed by atoms with Gasteiger partial charge in [0.1, 0.15) is 0 Å². The van der Waals surface area contributed by atoms with Gasteiger partial charge in [0, 0.05) is 7.05 Å². The van der Waals surface area contributed by atoms with Crippen LogP contribution in [0.2, 0.25) is 0 Å². The zero-order valence-corrected chi connectivity index (χ0v) is 12.9. The van der Waals surface area contributed by atoms with Crippen molar-refractivity contribution in [3.63, 3.8) is 0 Å². The van der Waals surface area contributed by atoms with Gasteiger partial charge in [-0.1, -0.05) is 13.8 Å². The summed E-state index contributed by atoms with van der Waals surface area (Å²) in [6.45, 7) is 4.53. The third kappa shape index (κ3) is 2.32. The quantitative estimate of drug-likeness (QED) is 0.553. The highest BCUT2D eigenvalue weighted by Crippen LogP contribution is 2.26. The maximum atomic E-state index is 12.3. The number of methoxy groups -OCH3 is 1. The highest BCUT2D eigenvalue weighted by atomic mass is 16.5. The van der Waals surface area contributed by atoms with Crippen molar-refractivity contribution in [2.24, 2.45) is 11.8 Å². The maximum Gasteiger partial charge on any atom is 0.417 e. The van der Waals surface area contributed by atoms with Crippen LogP contribution in [0.3, 0.4) is 0 Å². The Morgan fingerprint density at radius 3 is 2.48 bits per heavy atom. The summed E-state index contributed by atoms with van der Waals surface area (Å²) in [6.07, 6.45) is 1.57. The topological polar surface area (TPSA) is 69.9 Å². The number of carbonyl (C=O) groups is 3. The number of hydrogen-bond acceptors (Lipinski definition) is 4. The number of nitrogens with zero attached hydrogens (tertiary/aromatic N) is 3. The monoisotopic (exact) mass is 294 g/mol. The van der Waals surface area contributed by atoms with E-state index in [1.54, 1.807) is 17.7 Å². The van der Waals surface area contributed by atoms with Crippen LogP contribution in [0, 0.1) is 11.8 Å². The molecule has 7 heteroatoms. The molecule has 0 aromatic heterocycles. The molecule has 2 heterocycles. The number of rotatable bonds is 3. The first-order valence-electron chi connectivity index (χ1n) is 6.79. The Hall–Kier alpha value is -2.18. The fourth-order valence-corrected chi connectivity index (χ4v) is 2.65. The second-order valence-corrected chi connectivity index (χ2v) is 5.62. The minimum Gasteiger partial charge on any atom is -0.463 e. The van der Waals surface area contributed by atoms with Gasteiger partial charge in [-0.15, -0.1) is 0 Å². The molecular formula is C14H20N3O4+. The van der Waals surface area contributed by atoms with Crippen LogP contribution < -0.4 is 0 Å². The fraction of sp³-hybridized carbons (Fsp3) is 0.571. The molecule has 1 saturated heterocycles. The molecule has 2 aliphatic rings. The largest absolute Gasteiger partial charge is 0.463 e. The smallest absolute Gasteiger partial charge is 0.417 e. The molecule has 0 N–H and O–H groups in total. The van der Waals surface area contributed by atoms with Crippen LogP contribution in [-0.4, -0.2) is 65.9 Å². The number of amides is 3.